The van der Waals surface area contributed by atoms with Gasteiger partial charge in [-0.25, -0.2) is 0 Å². The molecule has 0 amide bonds. The summed E-state index contributed by atoms with van der Waals surface area (Å²) in [6.07, 6.45) is 6.44. The summed E-state index contributed by atoms with van der Waals surface area (Å²) >= 11 is 0. The molecule has 6 nitrogen and oxygen atoms in total. The van der Waals surface area contributed by atoms with Gasteiger partial charge in [0, 0.05) is 40.3 Å². The predicted molar refractivity (Wildman–Crippen MR) is 164 cm³/mol. The molecule has 0 spiro atoms. The average Bonchev–Trinajstić information content (AvgIpc) is 2.83. The summed E-state index contributed by atoms with van der Waals surface area (Å²) in [6, 6.07) is 7.41. The molecule has 1 aliphatic rings. The Labute approximate surface area is 254 Å². The van der Waals surface area contributed by atoms with Crippen molar-refractivity contribution in [2.75, 3.05) is 0 Å². The Morgan fingerprint density at radius 1 is 0.659 bits per heavy atom. The fourth-order valence-electron chi connectivity index (χ4n) is 5.76. The average molecular weight is 602 g/mol. The molecule has 0 aliphatic heterocycles. The van der Waals surface area contributed by atoms with Crippen molar-refractivity contribution in [3.05, 3.63) is 91.4 Å². The third-order valence-corrected chi connectivity index (χ3v) is 7.56. The molecule has 0 aromatic heterocycles. The number of aliphatic hydroxyl groups excluding tert-OH is 2. The molecule has 41 heavy (non-hydrogen) atoms. The summed E-state index contributed by atoms with van der Waals surface area (Å²) < 4.78 is 0. The molecule has 2 aromatic rings. The van der Waals surface area contributed by atoms with E-state index in [1.165, 1.54) is 26.3 Å². The van der Waals surface area contributed by atoms with Gasteiger partial charge in [-0.15, -0.1) is 0 Å². The number of nitrogens with zero attached hydrogens (tertiary/aromatic N) is 2. The van der Waals surface area contributed by atoms with E-state index in [4.69, 9.17) is 9.98 Å². The number of allylic oxidation sites excluding steroid dienone is 4. The van der Waals surface area contributed by atoms with Crippen molar-refractivity contribution < 1.29 is 36.6 Å². The molecular formula is C34H42CoN2O4. The van der Waals surface area contributed by atoms with Crippen LogP contribution in [0.15, 0.2) is 56.9 Å². The Morgan fingerprint density at radius 3 is 1.22 bits per heavy atom. The normalized spacial score (nSPS) is 18.6. The molecule has 1 aliphatic carbocycles. The second kappa shape index (κ2) is 14.6. The van der Waals surface area contributed by atoms with Crippen molar-refractivity contribution in [2.24, 2.45) is 9.98 Å². The minimum Gasteiger partial charge on any atom is -0.512 e. The van der Waals surface area contributed by atoms with Crippen LogP contribution >= 0.6 is 0 Å². The summed E-state index contributed by atoms with van der Waals surface area (Å²) in [5, 5.41) is 20.8. The maximum atomic E-state index is 13.5. The molecule has 0 bridgehead atoms. The topological polar surface area (TPSA) is 99.3 Å². The summed E-state index contributed by atoms with van der Waals surface area (Å²) in [5.41, 5.74) is 7.06. The number of aliphatic imine (C=N–C) groups is 2. The zero-order chi connectivity index (χ0) is 29.7. The third kappa shape index (κ3) is 8.14. The van der Waals surface area contributed by atoms with Crippen LogP contribution in [-0.2, 0) is 16.8 Å². The molecule has 1 radical (unpaired) electrons. The van der Waals surface area contributed by atoms with E-state index in [1.807, 2.05) is 65.8 Å². The Hall–Kier alpha value is -3.29. The van der Waals surface area contributed by atoms with Crippen LogP contribution < -0.4 is 0 Å². The number of benzene rings is 2. The Morgan fingerprint density at radius 2 is 0.951 bits per heavy atom. The quantitative estimate of drug-likeness (QED) is 0.140. The van der Waals surface area contributed by atoms with Gasteiger partial charge in [0.05, 0.1) is 23.2 Å². The van der Waals surface area contributed by atoms with Crippen molar-refractivity contribution in [2.45, 2.75) is 93.2 Å². The predicted octanol–water partition coefficient (Wildman–Crippen LogP) is 7.72. The minimum absolute atomic E-state index is 0. The number of rotatable bonds is 8. The van der Waals surface area contributed by atoms with Gasteiger partial charge in [-0.2, -0.15) is 0 Å². The second-order valence-electron chi connectivity index (χ2n) is 11.2. The van der Waals surface area contributed by atoms with Crippen molar-refractivity contribution in [1.29, 1.82) is 0 Å². The van der Waals surface area contributed by atoms with Crippen LogP contribution in [0.3, 0.4) is 0 Å². The maximum absolute atomic E-state index is 13.5. The number of carbonyl (C=O) groups is 2. The molecule has 1 fully saturated rings. The summed E-state index contributed by atoms with van der Waals surface area (Å²) in [5.74, 6) is -0.686. The molecule has 3 rings (SSSR count). The standard InChI is InChI=1S/C34H42N2O4.Co/c1-19-13-21(3)31(22(4)14-19)33(39)27(25(7)37)17-35-29-11-9-10-12-30(29)36-18-28(26(8)38)34(40)32-23(5)15-20(2)16-24(32)6;/h13-18,29-30,37-38H,9-12H2,1-8H3;/b27-25+,28-26+,35-17?,36-18?;/t29-,30-;/m0./s1. The van der Waals surface area contributed by atoms with Crippen LogP contribution in [0, 0.1) is 41.5 Å². The van der Waals surface area contributed by atoms with Gasteiger partial charge >= 0.3 is 0 Å². The zero-order valence-electron chi connectivity index (χ0n) is 25.4. The SMILES string of the molecule is C/C(O)=C(/C=N[C@H]1CCCC[C@@H]1N=C/C(C(=O)c1c(C)cc(C)cc1C)=C(/C)O)C(=O)c1c(C)cc(C)cc1C.[Co]. The van der Waals surface area contributed by atoms with E-state index in [9.17, 15) is 19.8 Å². The van der Waals surface area contributed by atoms with E-state index in [0.717, 1.165) is 59.1 Å². The van der Waals surface area contributed by atoms with E-state index >= 15 is 0 Å². The van der Waals surface area contributed by atoms with E-state index in [-0.39, 0.29) is 63.1 Å². The monoisotopic (exact) mass is 601 g/mol. The molecule has 1 saturated carbocycles. The second-order valence-corrected chi connectivity index (χ2v) is 11.2. The number of hydrogen-bond donors (Lipinski definition) is 2. The Balaban J connectivity index is 0.00000588. The van der Waals surface area contributed by atoms with Crippen LogP contribution in [0.2, 0.25) is 0 Å². The number of carbonyl (C=O) groups excluding carboxylic acids is 2. The van der Waals surface area contributed by atoms with E-state index in [0.29, 0.717) is 11.1 Å². The van der Waals surface area contributed by atoms with Crippen molar-refractivity contribution in [1.82, 2.24) is 0 Å². The van der Waals surface area contributed by atoms with Gasteiger partial charge in [0.2, 0.25) is 0 Å². The number of aryl methyl sites for hydroxylation is 6. The number of aliphatic hydroxyl groups is 2. The molecule has 7 heteroatoms. The van der Waals surface area contributed by atoms with E-state index in [1.54, 1.807) is 0 Å². The molecule has 2 atom stereocenters. The summed E-state index contributed by atoms with van der Waals surface area (Å²) in [6.45, 7) is 14.6. The first-order chi connectivity index (χ1) is 18.8. The van der Waals surface area contributed by atoms with Crippen LogP contribution in [0.1, 0.15) is 93.6 Å². The van der Waals surface area contributed by atoms with Gasteiger partial charge < -0.3 is 10.2 Å². The zero-order valence-corrected chi connectivity index (χ0v) is 26.4. The smallest absolute Gasteiger partial charge is 0.198 e. The first-order valence-corrected chi connectivity index (χ1v) is 13.9. The number of hydrogen-bond acceptors (Lipinski definition) is 6. The fraction of sp³-hybridized carbons (Fsp3) is 0.412. The fourth-order valence-corrected chi connectivity index (χ4v) is 5.76. The van der Waals surface area contributed by atoms with Crippen molar-refractivity contribution in [3.8, 4) is 0 Å². The molecule has 0 unspecified atom stereocenters. The third-order valence-electron chi connectivity index (χ3n) is 7.56. The van der Waals surface area contributed by atoms with Gasteiger partial charge in [-0.1, -0.05) is 48.2 Å². The van der Waals surface area contributed by atoms with Crippen molar-refractivity contribution in [3.63, 3.8) is 0 Å². The molecule has 2 aromatic carbocycles. The number of ketones is 2. The Kier molecular flexibility index (Phi) is 12.0. The van der Waals surface area contributed by atoms with Crippen LogP contribution in [0.25, 0.3) is 0 Å². The van der Waals surface area contributed by atoms with Crippen molar-refractivity contribution >= 4 is 24.0 Å². The van der Waals surface area contributed by atoms with Crippen LogP contribution in [0.4, 0.5) is 0 Å². The van der Waals surface area contributed by atoms with E-state index < -0.39 is 0 Å². The van der Waals surface area contributed by atoms with E-state index in [2.05, 4.69) is 0 Å². The largest absolute Gasteiger partial charge is 0.512 e. The molecule has 0 heterocycles. The molecule has 0 saturated heterocycles. The first-order valence-electron chi connectivity index (χ1n) is 13.9. The van der Waals surface area contributed by atoms with Gasteiger partial charge in [0.25, 0.3) is 0 Å². The van der Waals surface area contributed by atoms with Crippen LogP contribution in [0.5, 0.6) is 0 Å². The first kappa shape index (κ1) is 33.9. The van der Waals surface area contributed by atoms with Gasteiger partial charge in [0.1, 0.15) is 11.5 Å². The van der Waals surface area contributed by atoms with Gasteiger partial charge in [-0.3, -0.25) is 19.6 Å². The Bertz CT molecular complexity index is 1290. The maximum Gasteiger partial charge on any atom is 0.198 e. The van der Waals surface area contributed by atoms with Gasteiger partial charge in [0.15, 0.2) is 11.6 Å². The van der Waals surface area contributed by atoms with Crippen LogP contribution in [-0.4, -0.2) is 46.3 Å². The molecule has 2 N–H and O–H groups in total. The number of Topliss-reactive ketones (excluding diaryl/α,β-unsaturated/α-hetero) is 2. The summed E-state index contributed by atoms with van der Waals surface area (Å²) in [7, 11) is 0. The summed E-state index contributed by atoms with van der Waals surface area (Å²) in [4.78, 5) is 36.4. The molecule has 221 valence electrons. The van der Waals surface area contributed by atoms with Gasteiger partial charge in [-0.05, 0) is 90.5 Å². The minimum atomic E-state index is -0.259. The molecular weight excluding hydrogens is 559 g/mol.